The highest BCUT2D eigenvalue weighted by Crippen LogP contribution is 2.21. The second kappa shape index (κ2) is 7.00. The van der Waals surface area contributed by atoms with Crippen LogP contribution in [0.1, 0.15) is 18.1 Å². The van der Waals surface area contributed by atoms with Crippen molar-refractivity contribution in [2.24, 2.45) is 4.99 Å². The number of esters is 1. The van der Waals surface area contributed by atoms with Crippen LogP contribution in [0.2, 0.25) is 0 Å². The predicted molar refractivity (Wildman–Crippen MR) is 94.3 cm³/mol. The fourth-order valence-corrected chi connectivity index (χ4v) is 2.29. The average Bonchev–Trinajstić information content (AvgIpc) is 2.97. The Morgan fingerprint density at radius 1 is 1.12 bits per heavy atom. The van der Waals surface area contributed by atoms with Gasteiger partial charge in [0.1, 0.15) is 5.75 Å². The maximum Gasteiger partial charge on any atom is 0.363 e. The van der Waals surface area contributed by atoms with Gasteiger partial charge in [-0.25, -0.2) is 9.79 Å². The van der Waals surface area contributed by atoms with Crippen molar-refractivity contribution < 1.29 is 19.1 Å². The number of carbonyl (C=O) groups excluding carboxylic acids is 2. The topological polar surface area (TPSA) is 77.0 Å². The summed E-state index contributed by atoms with van der Waals surface area (Å²) in [5, 5.41) is 2.68. The second-order valence-corrected chi connectivity index (χ2v) is 5.37. The van der Waals surface area contributed by atoms with E-state index in [1.54, 1.807) is 61.7 Å². The molecule has 0 bridgehead atoms. The van der Waals surface area contributed by atoms with Crippen molar-refractivity contribution in [3.8, 4) is 5.75 Å². The van der Waals surface area contributed by atoms with Crippen LogP contribution in [0.3, 0.4) is 0 Å². The fourth-order valence-electron chi connectivity index (χ4n) is 2.29. The monoisotopic (exact) mass is 336 g/mol. The number of cyclic esters (lactones) is 1. The molecule has 0 aromatic heterocycles. The van der Waals surface area contributed by atoms with E-state index in [-0.39, 0.29) is 17.5 Å². The van der Waals surface area contributed by atoms with E-state index >= 15 is 0 Å². The minimum atomic E-state index is -0.503. The molecule has 0 radical (unpaired) electrons. The molecule has 0 spiro atoms. The molecule has 1 N–H and O–H groups in total. The average molecular weight is 336 g/mol. The minimum Gasteiger partial charge on any atom is -0.497 e. The number of ether oxygens (including phenoxy) is 2. The molecular formula is C19H16N2O4. The summed E-state index contributed by atoms with van der Waals surface area (Å²) in [6.07, 6.45) is 1.64. The highest BCUT2D eigenvalue weighted by molar-refractivity contribution is 6.12. The van der Waals surface area contributed by atoms with Crippen molar-refractivity contribution >= 4 is 29.5 Å². The molecule has 2 aromatic carbocycles. The summed E-state index contributed by atoms with van der Waals surface area (Å²) in [4.78, 5) is 27.3. The van der Waals surface area contributed by atoms with E-state index in [1.165, 1.54) is 6.92 Å². The fraction of sp³-hybridized carbons (Fsp3) is 0.105. The van der Waals surface area contributed by atoms with Crippen LogP contribution in [0.5, 0.6) is 5.75 Å². The van der Waals surface area contributed by atoms with Crippen LogP contribution in [-0.2, 0) is 14.3 Å². The van der Waals surface area contributed by atoms with Gasteiger partial charge in [0, 0.05) is 18.2 Å². The molecule has 1 aliphatic rings. The molecule has 0 saturated carbocycles. The van der Waals surface area contributed by atoms with Crippen LogP contribution in [0.25, 0.3) is 6.08 Å². The second-order valence-electron chi connectivity index (χ2n) is 5.37. The summed E-state index contributed by atoms with van der Waals surface area (Å²) >= 11 is 0. The molecular weight excluding hydrogens is 320 g/mol. The Labute approximate surface area is 144 Å². The highest BCUT2D eigenvalue weighted by atomic mass is 16.6. The summed E-state index contributed by atoms with van der Waals surface area (Å²) in [7, 11) is 1.58. The van der Waals surface area contributed by atoms with Crippen molar-refractivity contribution in [2.45, 2.75) is 6.92 Å². The molecule has 1 heterocycles. The van der Waals surface area contributed by atoms with Crippen LogP contribution in [0.4, 0.5) is 5.69 Å². The maximum absolute atomic E-state index is 12.0. The first-order valence-corrected chi connectivity index (χ1v) is 7.60. The van der Waals surface area contributed by atoms with Gasteiger partial charge in [-0.1, -0.05) is 12.1 Å². The standard InChI is InChI=1S/C19H16N2O4/c1-12(22)20-15-7-3-13(4-8-15)11-17-19(23)25-18(21-17)14-5-9-16(24-2)10-6-14/h3-11H,1-2H3,(H,20,22). The number of benzene rings is 2. The van der Waals surface area contributed by atoms with E-state index in [4.69, 9.17) is 9.47 Å². The third-order valence-electron chi connectivity index (χ3n) is 3.49. The van der Waals surface area contributed by atoms with Crippen LogP contribution in [0.15, 0.2) is 59.2 Å². The number of aliphatic imine (C=N–C) groups is 1. The Hall–Kier alpha value is -3.41. The number of amides is 1. The molecule has 0 aliphatic carbocycles. The van der Waals surface area contributed by atoms with Crippen LogP contribution in [0, 0.1) is 0 Å². The van der Waals surface area contributed by atoms with Crippen molar-refractivity contribution in [1.82, 2.24) is 0 Å². The van der Waals surface area contributed by atoms with Crippen molar-refractivity contribution in [1.29, 1.82) is 0 Å². The van der Waals surface area contributed by atoms with E-state index in [0.717, 1.165) is 5.56 Å². The summed E-state index contributed by atoms with van der Waals surface area (Å²) in [5.74, 6) is 0.327. The number of carbonyl (C=O) groups is 2. The number of anilines is 1. The lowest BCUT2D eigenvalue weighted by molar-refractivity contribution is -0.129. The van der Waals surface area contributed by atoms with Gasteiger partial charge in [0.2, 0.25) is 11.8 Å². The Morgan fingerprint density at radius 3 is 2.40 bits per heavy atom. The molecule has 6 nitrogen and oxygen atoms in total. The van der Waals surface area contributed by atoms with E-state index in [0.29, 0.717) is 17.0 Å². The molecule has 0 saturated heterocycles. The Balaban J connectivity index is 1.81. The lowest BCUT2D eigenvalue weighted by Gasteiger charge is -2.01. The third kappa shape index (κ3) is 3.92. The number of nitrogens with one attached hydrogen (secondary N) is 1. The normalized spacial score (nSPS) is 14.9. The van der Waals surface area contributed by atoms with Crippen LogP contribution >= 0.6 is 0 Å². The Morgan fingerprint density at radius 2 is 1.80 bits per heavy atom. The van der Waals surface area contributed by atoms with Gasteiger partial charge in [-0.3, -0.25) is 4.79 Å². The Kier molecular flexibility index (Phi) is 4.61. The van der Waals surface area contributed by atoms with Crippen molar-refractivity contribution in [2.75, 3.05) is 12.4 Å². The first-order chi connectivity index (χ1) is 12.0. The van der Waals surface area contributed by atoms with E-state index in [1.807, 2.05) is 0 Å². The first kappa shape index (κ1) is 16.4. The molecule has 0 atom stereocenters. The van der Waals surface area contributed by atoms with Gasteiger partial charge in [-0.2, -0.15) is 0 Å². The molecule has 0 unspecified atom stereocenters. The van der Waals surface area contributed by atoms with Gasteiger partial charge >= 0.3 is 5.97 Å². The summed E-state index contributed by atoms with van der Waals surface area (Å²) < 4.78 is 10.3. The molecule has 3 rings (SSSR count). The number of hydrogen-bond acceptors (Lipinski definition) is 5. The molecule has 6 heteroatoms. The van der Waals surface area contributed by atoms with Gasteiger partial charge in [-0.05, 0) is 48.0 Å². The number of rotatable bonds is 4. The lowest BCUT2D eigenvalue weighted by atomic mass is 10.1. The molecule has 0 fully saturated rings. The number of nitrogens with zero attached hydrogens (tertiary/aromatic N) is 1. The van der Waals surface area contributed by atoms with E-state index < -0.39 is 5.97 Å². The third-order valence-corrected chi connectivity index (χ3v) is 3.49. The molecule has 1 aliphatic heterocycles. The smallest absolute Gasteiger partial charge is 0.363 e. The highest BCUT2D eigenvalue weighted by Gasteiger charge is 2.24. The number of hydrogen-bond donors (Lipinski definition) is 1. The van der Waals surface area contributed by atoms with Crippen LogP contribution < -0.4 is 10.1 Å². The SMILES string of the molecule is COc1ccc(C2=NC(=Cc3ccc(NC(C)=O)cc3)C(=O)O2)cc1. The number of methoxy groups -OCH3 is 1. The largest absolute Gasteiger partial charge is 0.497 e. The zero-order valence-electron chi connectivity index (χ0n) is 13.8. The predicted octanol–water partition coefficient (Wildman–Crippen LogP) is 3.00. The van der Waals surface area contributed by atoms with Gasteiger partial charge in [0.15, 0.2) is 5.70 Å². The van der Waals surface area contributed by atoms with Gasteiger partial charge in [0.05, 0.1) is 7.11 Å². The van der Waals surface area contributed by atoms with Gasteiger partial charge in [-0.15, -0.1) is 0 Å². The zero-order valence-corrected chi connectivity index (χ0v) is 13.8. The molecule has 126 valence electrons. The van der Waals surface area contributed by atoms with Crippen molar-refractivity contribution in [3.05, 3.63) is 65.4 Å². The first-order valence-electron chi connectivity index (χ1n) is 7.60. The van der Waals surface area contributed by atoms with E-state index in [2.05, 4.69) is 10.3 Å². The van der Waals surface area contributed by atoms with Gasteiger partial charge < -0.3 is 14.8 Å². The van der Waals surface area contributed by atoms with E-state index in [9.17, 15) is 9.59 Å². The molecule has 1 amide bonds. The Bertz CT molecular complexity index is 865. The zero-order chi connectivity index (χ0) is 17.8. The molecule has 2 aromatic rings. The molecule has 25 heavy (non-hydrogen) atoms. The van der Waals surface area contributed by atoms with Crippen molar-refractivity contribution in [3.63, 3.8) is 0 Å². The van der Waals surface area contributed by atoms with Crippen LogP contribution in [-0.4, -0.2) is 24.9 Å². The quantitative estimate of drug-likeness (QED) is 0.688. The lowest BCUT2D eigenvalue weighted by Crippen LogP contribution is -2.05. The summed E-state index contributed by atoms with van der Waals surface area (Å²) in [6.45, 7) is 1.44. The summed E-state index contributed by atoms with van der Waals surface area (Å²) in [6, 6.07) is 14.2. The minimum absolute atomic E-state index is 0.140. The van der Waals surface area contributed by atoms with Gasteiger partial charge in [0.25, 0.3) is 0 Å². The maximum atomic E-state index is 12.0. The summed E-state index contributed by atoms with van der Waals surface area (Å²) in [5.41, 5.74) is 2.38.